The van der Waals surface area contributed by atoms with E-state index in [0.717, 1.165) is 24.2 Å². The largest absolute Gasteiger partial charge is 0.360 e. The van der Waals surface area contributed by atoms with Gasteiger partial charge in [-0.1, -0.05) is 25.7 Å². The lowest BCUT2D eigenvalue weighted by Crippen LogP contribution is -2.46. The van der Waals surface area contributed by atoms with Gasteiger partial charge in [-0.2, -0.15) is 0 Å². The van der Waals surface area contributed by atoms with Crippen LogP contribution in [0.5, 0.6) is 0 Å². The molecule has 0 aromatic carbocycles. The molecule has 1 aliphatic carbocycles. The van der Waals surface area contributed by atoms with Crippen LogP contribution in [0.25, 0.3) is 0 Å². The Morgan fingerprint density at radius 3 is 2.30 bits per heavy atom. The number of rotatable bonds is 2. The van der Waals surface area contributed by atoms with E-state index >= 15 is 0 Å². The first-order valence-corrected chi connectivity index (χ1v) is 9.03. The van der Waals surface area contributed by atoms with Crippen LogP contribution >= 0.6 is 12.2 Å². The summed E-state index contributed by atoms with van der Waals surface area (Å²) in [5, 5.41) is 4.65. The molecule has 3 aliphatic rings. The van der Waals surface area contributed by atoms with Crippen molar-refractivity contribution in [2.45, 2.75) is 69.9 Å². The molecule has 2 saturated heterocycles. The lowest BCUT2D eigenvalue weighted by atomic mass is 9.96. The first-order valence-electron chi connectivity index (χ1n) is 8.62. The van der Waals surface area contributed by atoms with Crippen molar-refractivity contribution in [2.24, 2.45) is 0 Å². The van der Waals surface area contributed by atoms with Gasteiger partial charge in [0.15, 0.2) is 5.11 Å². The molecule has 0 aromatic heterocycles. The summed E-state index contributed by atoms with van der Waals surface area (Å²) in [6.07, 6.45) is 12.3. The zero-order valence-corrected chi connectivity index (χ0v) is 13.5. The Balaban J connectivity index is 1.45. The van der Waals surface area contributed by atoms with Crippen LogP contribution in [0.4, 0.5) is 0 Å². The Hall–Kier alpha value is -0.350. The number of nitrogens with one attached hydrogen (secondary N) is 1. The molecular formula is C16H29N3S. The summed E-state index contributed by atoms with van der Waals surface area (Å²) in [6.45, 7) is 4.92. The summed E-state index contributed by atoms with van der Waals surface area (Å²) in [4.78, 5) is 5.12. The third kappa shape index (κ3) is 3.64. The van der Waals surface area contributed by atoms with Crippen molar-refractivity contribution in [1.82, 2.24) is 15.1 Å². The Morgan fingerprint density at radius 2 is 1.55 bits per heavy atom. The maximum absolute atomic E-state index is 5.65. The molecule has 0 amide bonds. The van der Waals surface area contributed by atoms with Crippen molar-refractivity contribution < 1.29 is 0 Å². The van der Waals surface area contributed by atoms with Crippen molar-refractivity contribution in [3.63, 3.8) is 0 Å². The lowest BCUT2D eigenvalue weighted by Gasteiger charge is -2.33. The quantitative estimate of drug-likeness (QED) is 0.789. The Kier molecular flexibility index (Phi) is 5.16. The first kappa shape index (κ1) is 14.6. The summed E-state index contributed by atoms with van der Waals surface area (Å²) in [6, 6.07) is 1.40. The zero-order chi connectivity index (χ0) is 13.8. The van der Waals surface area contributed by atoms with Crippen molar-refractivity contribution in [3.05, 3.63) is 0 Å². The van der Waals surface area contributed by atoms with Crippen LogP contribution in [0.3, 0.4) is 0 Å². The highest BCUT2D eigenvalue weighted by atomic mass is 32.1. The molecule has 0 radical (unpaired) electrons. The molecule has 1 unspecified atom stereocenters. The maximum atomic E-state index is 5.65. The molecule has 0 bridgehead atoms. The summed E-state index contributed by atoms with van der Waals surface area (Å²) in [5.41, 5.74) is 0. The minimum absolute atomic E-state index is 0.644. The SMILES string of the molecule is S=C(NC1CCCCC1)N1CCC(N2CCCCC2)C1. The molecule has 2 heterocycles. The number of piperidine rings is 1. The molecule has 0 aromatic rings. The van der Waals surface area contributed by atoms with Gasteiger partial charge < -0.3 is 10.2 Å². The number of likely N-dealkylation sites (tertiary alicyclic amines) is 2. The van der Waals surface area contributed by atoms with Crippen LogP contribution in [0, 0.1) is 0 Å². The van der Waals surface area contributed by atoms with E-state index in [1.807, 2.05) is 0 Å². The van der Waals surface area contributed by atoms with Gasteiger partial charge in [-0.3, -0.25) is 4.90 Å². The van der Waals surface area contributed by atoms with Gasteiger partial charge >= 0.3 is 0 Å². The standard InChI is InChI=1S/C16H29N3S/c20-16(17-14-7-3-1-4-8-14)19-12-9-15(13-19)18-10-5-2-6-11-18/h14-15H,1-13H2,(H,17,20). The molecule has 114 valence electrons. The molecule has 3 nitrogen and oxygen atoms in total. The van der Waals surface area contributed by atoms with Gasteiger partial charge in [0.05, 0.1) is 0 Å². The van der Waals surface area contributed by atoms with Crippen LogP contribution in [0.1, 0.15) is 57.8 Å². The lowest BCUT2D eigenvalue weighted by molar-refractivity contribution is 0.169. The summed E-state index contributed by atoms with van der Waals surface area (Å²) in [7, 11) is 0. The minimum atomic E-state index is 0.644. The van der Waals surface area contributed by atoms with E-state index in [-0.39, 0.29) is 0 Å². The maximum Gasteiger partial charge on any atom is 0.169 e. The second-order valence-corrected chi connectivity index (χ2v) is 7.16. The van der Waals surface area contributed by atoms with Crippen LogP contribution in [0.2, 0.25) is 0 Å². The van der Waals surface area contributed by atoms with Crippen molar-refractivity contribution in [2.75, 3.05) is 26.2 Å². The van der Waals surface area contributed by atoms with Crippen LogP contribution in [-0.4, -0.2) is 53.2 Å². The second kappa shape index (κ2) is 7.08. The fourth-order valence-electron chi connectivity index (χ4n) is 4.02. The van der Waals surface area contributed by atoms with E-state index < -0.39 is 0 Å². The van der Waals surface area contributed by atoms with Gasteiger partial charge in [0.2, 0.25) is 0 Å². The van der Waals surface area contributed by atoms with E-state index in [4.69, 9.17) is 12.2 Å². The Labute approximate surface area is 129 Å². The minimum Gasteiger partial charge on any atom is -0.360 e. The summed E-state index contributed by atoms with van der Waals surface area (Å²) < 4.78 is 0. The molecule has 1 N–H and O–H groups in total. The predicted octanol–water partition coefficient (Wildman–Crippen LogP) is 2.75. The Bertz CT molecular complexity index is 322. The predicted molar refractivity (Wildman–Crippen MR) is 88.0 cm³/mol. The van der Waals surface area contributed by atoms with Crippen LogP contribution in [-0.2, 0) is 0 Å². The van der Waals surface area contributed by atoms with Gasteiger partial charge in [-0.05, 0) is 57.4 Å². The molecule has 3 fully saturated rings. The van der Waals surface area contributed by atoms with Crippen molar-refractivity contribution in [3.8, 4) is 0 Å². The third-order valence-corrected chi connectivity index (χ3v) is 5.67. The van der Waals surface area contributed by atoms with Crippen LogP contribution in [0.15, 0.2) is 0 Å². The van der Waals surface area contributed by atoms with Gasteiger partial charge in [-0.25, -0.2) is 0 Å². The highest BCUT2D eigenvalue weighted by molar-refractivity contribution is 7.80. The molecule has 3 rings (SSSR count). The topological polar surface area (TPSA) is 18.5 Å². The fourth-order valence-corrected chi connectivity index (χ4v) is 4.35. The molecular weight excluding hydrogens is 266 g/mol. The van der Waals surface area contributed by atoms with Crippen LogP contribution < -0.4 is 5.32 Å². The van der Waals surface area contributed by atoms with Crippen molar-refractivity contribution >= 4 is 17.3 Å². The Morgan fingerprint density at radius 1 is 0.850 bits per heavy atom. The first-order chi connectivity index (χ1) is 9.83. The smallest absolute Gasteiger partial charge is 0.169 e. The molecule has 4 heteroatoms. The number of nitrogens with zero attached hydrogens (tertiary/aromatic N) is 2. The van der Waals surface area contributed by atoms with Gasteiger partial charge in [0, 0.05) is 25.2 Å². The zero-order valence-electron chi connectivity index (χ0n) is 12.6. The average Bonchev–Trinajstić information content (AvgIpc) is 2.99. The summed E-state index contributed by atoms with van der Waals surface area (Å²) >= 11 is 5.65. The number of hydrogen-bond donors (Lipinski definition) is 1. The highest BCUT2D eigenvalue weighted by Gasteiger charge is 2.30. The molecule has 2 aliphatic heterocycles. The number of thiocarbonyl (C=S) groups is 1. The van der Waals surface area contributed by atoms with E-state index in [1.54, 1.807) is 0 Å². The van der Waals surface area contributed by atoms with Gasteiger partial charge in [0.25, 0.3) is 0 Å². The van der Waals surface area contributed by atoms with Crippen molar-refractivity contribution in [1.29, 1.82) is 0 Å². The average molecular weight is 295 g/mol. The second-order valence-electron chi connectivity index (χ2n) is 6.77. The normalized spacial score (nSPS) is 29.6. The fraction of sp³-hybridized carbons (Fsp3) is 0.938. The monoisotopic (exact) mass is 295 g/mol. The van der Waals surface area contributed by atoms with E-state index in [2.05, 4.69) is 15.1 Å². The molecule has 1 atom stereocenters. The third-order valence-electron chi connectivity index (χ3n) is 5.29. The van der Waals surface area contributed by atoms with Gasteiger partial charge in [0.1, 0.15) is 0 Å². The van der Waals surface area contributed by atoms with E-state index in [1.165, 1.54) is 70.9 Å². The molecule has 0 spiro atoms. The van der Waals surface area contributed by atoms with E-state index in [9.17, 15) is 0 Å². The highest BCUT2D eigenvalue weighted by Crippen LogP contribution is 2.21. The molecule has 1 saturated carbocycles. The summed E-state index contributed by atoms with van der Waals surface area (Å²) in [5.74, 6) is 0. The number of hydrogen-bond acceptors (Lipinski definition) is 2. The van der Waals surface area contributed by atoms with E-state index in [0.29, 0.717) is 6.04 Å². The molecule has 20 heavy (non-hydrogen) atoms. The van der Waals surface area contributed by atoms with Gasteiger partial charge in [-0.15, -0.1) is 0 Å².